The molecule has 1 heterocycles. The van der Waals surface area contributed by atoms with Gasteiger partial charge in [-0.15, -0.1) is 11.3 Å². The molecule has 2 nitrogen and oxygen atoms in total. The third kappa shape index (κ3) is 1.98. The predicted octanol–water partition coefficient (Wildman–Crippen LogP) is 2.90. The first-order chi connectivity index (χ1) is 6.81. The normalized spacial score (nSPS) is 20.1. The number of hydrogen-bond acceptors (Lipinski definition) is 3. The lowest BCUT2D eigenvalue weighted by Gasteiger charge is -2.20. The topological polar surface area (TPSA) is 24.9 Å². The summed E-state index contributed by atoms with van der Waals surface area (Å²) < 4.78 is 0. The first-order valence-corrected chi connectivity index (χ1v) is 6.28. The molecule has 2 rings (SSSR count). The second-order valence-corrected chi connectivity index (χ2v) is 5.03. The maximum absolute atomic E-state index is 4.58. The zero-order valence-corrected chi connectivity index (χ0v) is 9.73. The van der Waals surface area contributed by atoms with Crippen molar-refractivity contribution in [3.8, 4) is 0 Å². The minimum absolute atomic E-state index is 0.496. The molecule has 0 aromatic carbocycles. The molecule has 1 saturated carbocycles. The van der Waals surface area contributed by atoms with Crippen molar-refractivity contribution in [2.24, 2.45) is 5.92 Å². The van der Waals surface area contributed by atoms with Crippen LogP contribution in [0.3, 0.4) is 0 Å². The molecular formula is C11H18N2S. The van der Waals surface area contributed by atoms with Gasteiger partial charge in [0.2, 0.25) is 0 Å². The molecule has 0 saturated heterocycles. The van der Waals surface area contributed by atoms with Crippen molar-refractivity contribution in [1.29, 1.82) is 0 Å². The second kappa shape index (κ2) is 4.41. The van der Waals surface area contributed by atoms with Crippen molar-refractivity contribution in [2.75, 3.05) is 7.05 Å². The quantitative estimate of drug-likeness (QED) is 0.829. The molecule has 0 radical (unpaired) electrons. The Balaban J connectivity index is 2.12. The van der Waals surface area contributed by atoms with Gasteiger partial charge in [-0.2, -0.15) is 0 Å². The fraction of sp³-hybridized carbons (Fsp3) is 0.727. The fourth-order valence-corrected chi connectivity index (χ4v) is 3.36. The van der Waals surface area contributed by atoms with Crippen molar-refractivity contribution in [1.82, 2.24) is 10.3 Å². The molecule has 1 aromatic rings. The number of hydrogen-bond donors (Lipinski definition) is 1. The van der Waals surface area contributed by atoms with Crippen LogP contribution in [0, 0.1) is 12.8 Å². The van der Waals surface area contributed by atoms with Gasteiger partial charge in [-0.3, -0.25) is 0 Å². The lowest BCUT2D eigenvalue weighted by molar-refractivity contribution is 0.389. The summed E-state index contributed by atoms with van der Waals surface area (Å²) in [6, 6.07) is 0.496. The maximum Gasteiger partial charge on any atom is 0.110 e. The first kappa shape index (κ1) is 10.1. The molecule has 1 fully saturated rings. The Hall–Kier alpha value is -0.410. The van der Waals surface area contributed by atoms with E-state index in [0.29, 0.717) is 6.04 Å². The van der Waals surface area contributed by atoms with Gasteiger partial charge in [0.05, 0.1) is 6.04 Å². The molecule has 1 aliphatic rings. The highest BCUT2D eigenvalue weighted by Gasteiger charge is 2.26. The highest BCUT2D eigenvalue weighted by Crippen LogP contribution is 2.36. The van der Waals surface area contributed by atoms with Gasteiger partial charge >= 0.3 is 0 Å². The summed E-state index contributed by atoms with van der Waals surface area (Å²) in [4.78, 5) is 4.58. The second-order valence-electron chi connectivity index (χ2n) is 4.14. The molecule has 3 heteroatoms. The van der Waals surface area contributed by atoms with Crippen molar-refractivity contribution in [3.63, 3.8) is 0 Å². The van der Waals surface area contributed by atoms with E-state index in [4.69, 9.17) is 0 Å². The minimum atomic E-state index is 0.496. The molecule has 14 heavy (non-hydrogen) atoms. The van der Waals surface area contributed by atoms with Crippen molar-refractivity contribution < 1.29 is 0 Å². The van der Waals surface area contributed by atoms with Crippen LogP contribution in [0.2, 0.25) is 0 Å². The lowest BCUT2D eigenvalue weighted by Crippen LogP contribution is -2.23. The summed E-state index contributed by atoms with van der Waals surface area (Å²) in [5.74, 6) is 0.811. The van der Waals surface area contributed by atoms with Crippen molar-refractivity contribution in [2.45, 2.75) is 38.6 Å². The average Bonchev–Trinajstić information content (AvgIpc) is 2.79. The van der Waals surface area contributed by atoms with Gasteiger partial charge in [-0.05, 0) is 32.7 Å². The van der Waals surface area contributed by atoms with E-state index in [1.54, 1.807) is 11.3 Å². The van der Waals surface area contributed by atoms with E-state index in [-0.39, 0.29) is 0 Å². The van der Waals surface area contributed by atoms with Gasteiger partial charge in [-0.1, -0.05) is 12.8 Å². The van der Waals surface area contributed by atoms with E-state index in [1.165, 1.54) is 30.7 Å². The smallest absolute Gasteiger partial charge is 0.110 e. The van der Waals surface area contributed by atoms with Crippen LogP contribution in [0.25, 0.3) is 0 Å². The molecule has 0 spiro atoms. The van der Waals surface area contributed by atoms with Crippen LogP contribution < -0.4 is 5.32 Å². The van der Waals surface area contributed by atoms with Crippen LogP contribution in [0.15, 0.2) is 5.38 Å². The molecule has 0 amide bonds. The van der Waals surface area contributed by atoms with E-state index in [9.17, 15) is 0 Å². The predicted molar refractivity (Wildman–Crippen MR) is 60.6 cm³/mol. The molecule has 1 aliphatic carbocycles. The summed E-state index contributed by atoms with van der Waals surface area (Å²) in [5.41, 5.74) is 1.16. The minimum Gasteiger partial charge on any atom is -0.311 e. The molecule has 1 aromatic heterocycles. The Morgan fingerprint density at radius 2 is 2.21 bits per heavy atom. The maximum atomic E-state index is 4.58. The van der Waals surface area contributed by atoms with Crippen molar-refractivity contribution >= 4 is 11.3 Å². The summed E-state index contributed by atoms with van der Waals surface area (Å²) >= 11 is 1.80. The number of nitrogens with zero attached hydrogens (tertiary/aromatic N) is 1. The van der Waals surface area contributed by atoms with Gasteiger partial charge in [0, 0.05) is 11.1 Å². The number of aryl methyl sites for hydroxylation is 1. The molecule has 1 N–H and O–H groups in total. The Morgan fingerprint density at radius 1 is 1.50 bits per heavy atom. The molecule has 0 aliphatic heterocycles. The summed E-state index contributed by atoms with van der Waals surface area (Å²) in [6.45, 7) is 2.07. The van der Waals surface area contributed by atoms with Gasteiger partial charge in [0.15, 0.2) is 0 Å². The molecule has 1 unspecified atom stereocenters. The fourth-order valence-electron chi connectivity index (χ4n) is 2.37. The largest absolute Gasteiger partial charge is 0.311 e. The summed E-state index contributed by atoms with van der Waals surface area (Å²) in [7, 11) is 2.06. The number of rotatable bonds is 3. The Morgan fingerprint density at radius 3 is 2.71 bits per heavy atom. The summed E-state index contributed by atoms with van der Waals surface area (Å²) in [6.07, 6.45) is 5.52. The lowest BCUT2D eigenvalue weighted by atomic mass is 9.99. The van der Waals surface area contributed by atoms with Gasteiger partial charge in [-0.25, -0.2) is 4.98 Å². The van der Waals surface area contributed by atoms with Crippen LogP contribution in [0.5, 0.6) is 0 Å². The number of nitrogens with one attached hydrogen (secondary N) is 1. The van der Waals surface area contributed by atoms with E-state index >= 15 is 0 Å². The van der Waals surface area contributed by atoms with E-state index in [2.05, 4.69) is 29.7 Å². The Kier molecular flexibility index (Phi) is 3.19. The number of thiazole rings is 1. The van der Waals surface area contributed by atoms with Crippen LogP contribution in [-0.2, 0) is 0 Å². The van der Waals surface area contributed by atoms with Crippen LogP contribution in [0.4, 0.5) is 0 Å². The highest BCUT2D eigenvalue weighted by molar-refractivity contribution is 7.09. The highest BCUT2D eigenvalue weighted by atomic mass is 32.1. The van der Waals surface area contributed by atoms with Gasteiger partial charge in [0.1, 0.15) is 5.01 Å². The van der Waals surface area contributed by atoms with E-state index in [0.717, 1.165) is 11.6 Å². The number of aromatic nitrogens is 1. The molecular weight excluding hydrogens is 192 g/mol. The Labute approximate surface area is 89.8 Å². The van der Waals surface area contributed by atoms with E-state index < -0.39 is 0 Å². The summed E-state index contributed by atoms with van der Waals surface area (Å²) in [5, 5.41) is 6.84. The molecule has 78 valence electrons. The first-order valence-electron chi connectivity index (χ1n) is 5.40. The monoisotopic (exact) mass is 210 g/mol. The van der Waals surface area contributed by atoms with Crippen molar-refractivity contribution in [3.05, 3.63) is 16.1 Å². The zero-order chi connectivity index (χ0) is 9.97. The average molecular weight is 210 g/mol. The SMILES string of the molecule is CNC(c1nc(C)cs1)C1CCCC1. The standard InChI is InChI=1S/C11H18N2S/c1-8-7-14-11(13-8)10(12-2)9-5-3-4-6-9/h7,9-10,12H,3-6H2,1-2H3. The molecule has 1 atom stereocenters. The Bertz CT molecular complexity index is 289. The van der Waals surface area contributed by atoms with Crippen LogP contribution in [0.1, 0.15) is 42.4 Å². The van der Waals surface area contributed by atoms with E-state index in [1.807, 2.05) is 0 Å². The third-order valence-electron chi connectivity index (χ3n) is 3.09. The van der Waals surface area contributed by atoms with Crippen LogP contribution >= 0.6 is 11.3 Å². The zero-order valence-electron chi connectivity index (χ0n) is 8.92. The van der Waals surface area contributed by atoms with Crippen LogP contribution in [-0.4, -0.2) is 12.0 Å². The van der Waals surface area contributed by atoms with Gasteiger partial charge < -0.3 is 5.32 Å². The van der Waals surface area contributed by atoms with Gasteiger partial charge in [0.25, 0.3) is 0 Å². The third-order valence-corrected chi connectivity index (χ3v) is 4.13. The molecule has 0 bridgehead atoms.